The molecule has 2 aromatic heterocycles. The molecule has 5 rings (SSSR count). The Hall–Kier alpha value is -2.22. The lowest BCUT2D eigenvalue weighted by atomic mass is 9.97. The average Bonchev–Trinajstić information content (AvgIpc) is 3.06. The Balaban J connectivity index is 1.17. The van der Waals surface area contributed by atoms with E-state index in [1.165, 1.54) is 17.7 Å². The van der Waals surface area contributed by atoms with Crippen molar-refractivity contribution in [1.82, 2.24) is 19.7 Å². The lowest BCUT2D eigenvalue weighted by Gasteiger charge is -2.38. The van der Waals surface area contributed by atoms with Gasteiger partial charge in [0.1, 0.15) is 0 Å². The molecule has 1 saturated heterocycles. The van der Waals surface area contributed by atoms with Crippen LogP contribution in [0.4, 0.5) is 9.93 Å². The van der Waals surface area contributed by atoms with Gasteiger partial charge in [-0.05, 0) is 56.9 Å². The second-order valence-electron chi connectivity index (χ2n) is 8.14. The number of carbonyl (C=O) groups is 1. The van der Waals surface area contributed by atoms with Crippen LogP contribution in [0, 0.1) is 5.92 Å². The molecule has 1 aliphatic heterocycles. The fourth-order valence-electron chi connectivity index (χ4n) is 4.40. The minimum Gasteiger partial charge on any atom is -0.324 e. The lowest BCUT2D eigenvalue weighted by Crippen LogP contribution is -2.53. The molecule has 0 radical (unpaired) electrons. The molecule has 1 fully saturated rings. The maximum absolute atomic E-state index is 12.5. The van der Waals surface area contributed by atoms with Crippen LogP contribution in [0.15, 0.2) is 10.9 Å². The molecule has 8 heteroatoms. The maximum atomic E-state index is 12.5. The van der Waals surface area contributed by atoms with Gasteiger partial charge < -0.3 is 4.90 Å². The zero-order valence-corrected chi connectivity index (χ0v) is 16.8. The third-order valence-corrected chi connectivity index (χ3v) is 7.08. The molecule has 28 heavy (non-hydrogen) atoms. The first-order valence-electron chi connectivity index (χ1n) is 10.3. The largest absolute Gasteiger partial charge is 0.324 e. The van der Waals surface area contributed by atoms with E-state index in [-0.39, 0.29) is 17.5 Å². The monoisotopic (exact) mass is 399 g/mol. The first-order chi connectivity index (χ1) is 13.7. The van der Waals surface area contributed by atoms with Crippen molar-refractivity contribution in [3.8, 4) is 0 Å². The summed E-state index contributed by atoms with van der Waals surface area (Å²) in [7, 11) is 0. The Kier molecular flexibility index (Phi) is 4.66. The van der Waals surface area contributed by atoms with E-state index in [4.69, 9.17) is 0 Å². The summed E-state index contributed by atoms with van der Waals surface area (Å²) in [5.41, 5.74) is 3.34. The summed E-state index contributed by atoms with van der Waals surface area (Å²) in [5, 5.41) is 8.25. The Morgan fingerprint density at radius 2 is 1.86 bits per heavy atom. The summed E-state index contributed by atoms with van der Waals surface area (Å²) in [5.74, 6) is 0.280. The summed E-state index contributed by atoms with van der Waals surface area (Å²) >= 11 is 1.61. The van der Waals surface area contributed by atoms with Crippen LogP contribution in [0.1, 0.15) is 47.5 Å². The van der Waals surface area contributed by atoms with Gasteiger partial charge in [-0.3, -0.25) is 10.1 Å². The smallest absolute Gasteiger partial charge is 0.323 e. The molecule has 2 amide bonds. The van der Waals surface area contributed by atoms with Crippen molar-refractivity contribution in [3.63, 3.8) is 0 Å². The van der Waals surface area contributed by atoms with E-state index in [9.17, 15) is 9.59 Å². The minimum atomic E-state index is -0.0897. The summed E-state index contributed by atoms with van der Waals surface area (Å²) in [4.78, 5) is 32.5. The molecule has 3 aliphatic rings. The zero-order chi connectivity index (χ0) is 19.1. The van der Waals surface area contributed by atoms with Gasteiger partial charge in [-0.15, -0.1) is 11.3 Å². The van der Waals surface area contributed by atoms with Crippen LogP contribution in [-0.2, 0) is 32.2 Å². The molecule has 0 spiro atoms. The number of nitrogens with zero attached hydrogens (tertiary/aromatic N) is 4. The van der Waals surface area contributed by atoms with Crippen LogP contribution >= 0.6 is 11.3 Å². The van der Waals surface area contributed by atoms with Crippen molar-refractivity contribution in [2.24, 2.45) is 5.92 Å². The van der Waals surface area contributed by atoms with E-state index in [0.717, 1.165) is 55.5 Å². The third-order valence-electron chi connectivity index (χ3n) is 6.01. The number of fused-ring (bicyclic) bond motifs is 2. The van der Waals surface area contributed by atoms with Crippen LogP contribution in [-0.4, -0.2) is 38.8 Å². The number of aromatic nitrogens is 3. The predicted molar refractivity (Wildman–Crippen MR) is 108 cm³/mol. The van der Waals surface area contributed by atoms with Gasteiger partial charge in [0.2, 0.25) is 0 Å². The van der Waals surface area contributed by atoms with Gasteiger partial charge in [0, 0.05) is 30.0 Å². The number of amides is 2. The van der Waals surface area contributed by atoms with Crippen LogP contribution < -0.4 is 10.9 Å². The number of likely N-dealkylation sites (tertiary alicyclic amines) is 1. The third kappa shape index (κ3) is 3.45. The molecule has 3 heterocycles. The van der Waals surface area contributed by atoms with Gasteiger partial charge >= 0.3 is 6.03 Å². The number of anilines is 1. The Bertz CT molecular complexity index is 936. The molecule has 148 valence electrons. The molecular weight excluding hydrogens is 374 g/mol. The first kappa shape index (κ1) is 17.8. The van der Waals surface area contributed by atoms with Crippen molar-refractivity contribution in [2.75, 3.05) is 18.4 Å². The topological polar surface area (TPSA) is 80.1 Å². The normalized spacial score (nSPS) is 18.9. The van der Waals surface area contributed by atoms with E-state index in [1.807, 2.05) is 0 Å². The molecule has 0 bridgehead atoms. The van der Waals surface area contributed by atoms with E-state index in [2.05, 4.69) is 15.4 Å². The second kappa shape index (κ2) is 7.31. The van der Waals surface area contributed by atoms with Crippen LogP contribution in [0.5, 0.6) is 0 Å². The Labute approximate surface area is 167 Å². The number of aryl methyl sites for hydroxylation is 4. The van der Waals surface area contributed by atoms with Crippen molar-refractivity contribution < 1.29 is 4.79 Å². The summed E-state index contributed by atoms with van der Waals surface area (Å²) in [6.07, 6.45) is 8.74. The lowest BCUT2D eigenvalue weighted by molar-refractivity contribution is 0.116. The van der Waals surface area contributed by atoms with E-state index >= 15 is 0 Å². The average molecular weight is 400 g/mol. The molecular formula is C20H25N5O2S. The van der Waals surface area contributed by atoms with Gasteiger partial charge in [0.15, 0.2) is 5.13 Å². The fourth-order valence-corrected chi connectivity index (χ4v) is 5.44. The van der Waals surface area contributed by atoms with Crippen LogP contribution in [0.3, 0.4) is 0 Å². The van der Waals surface area contributed by atoms with E-state index < -0.39 is 0 Å². The number of carbonyl (C=O) groups excluding carboxylic acids is 1. The SMILES string of the molecule is O=C(Nc1nc2c(s1)CCCC2)N1CC(Cn2nc3c(cc2=O)CCCC3)C1. The predicted octanol–water partition coefficient (Wildman–Crippen LogP) is 2.62. The van der Waals surface area contributed by atoms with Crippen molar-refractivity contribution in [1.29, 1.82) is 0 Å². The number of hydrogen-bond acceptors (Lipinski definition) is 5. The highest BCUT2D eigenvalue weighted by Crippen LogP contribution is 2.30. The van der Waals surface area contributed by atoms with Crippen LogP contribution in [0.2, 0.25) is 0 Å². The van der Waals surface area contributed by atoms with Crippen molar-refractivity contribution >= 4 is 22.5 Å². The standard InChI is InChI=1S/C20H25N5O2S/c26-18-9-14-5-1-2-6-15(14)23-25(18)12-13-10-24(11-13)20(27)22-19-21-16-7-3-4-8-17(16)28-19/h9,13H,1-8,10-12H2,(H,21,22,27). The summed E-state index contributed by atoms with van der Waals surface area (Å²) in [6.45, 7) is 1.89. The van der Waals surface area contributed by atoms with Crippen LogP contribution in [0.25, 0.3) is 0 Å². The van der Waals surface area contributed by atoms with Gasteiger partial charge in [-0.2, -0.15) is 5.10 Å². The molecule has 0 unspecified atom stereocenters. The minimum absolute atomic E-state index is 0.0167. The highest BCUT2D eigenvalue weighted by Gasteiger charge is 2.32. The number of hydrogen-bond donors (Lipinski definition) is 1. The zero-order valence-electron chi connectivity index (χ0n) is 15.9. The first-order valence-corrected chi connectivity index (χ1v) is 11.1. The van der Waals surface area contributed by atoms with E-state index in [0.29, 0.717) is 24.8 Å². The number of thiazole rings is 1. The molecule has 7 nitrogen and oxygen atoms in total. The number of rotatable bonds is 3. The Morgan fingerprint density at radius 1 is 1.11 bits per heavy atom. The fraction of sp³-hybridized carbons (Fsp3) is 0.600. The van der Waals surface area contributed by atoms with Gasteiger partial charge in [-0.25, -0.2) is 14.5 Å². The highest BCUT2D eigenvalue weighted by molar-refractivity contribution is 7.15. The quantitative estimate of drug-likeness (QED) is 0.860. The van der Waals surface area contributed by atoms with Gasteiger partial charge in [-0.1, -0.05) is 0 Å². The molecule has 0 saturated carbocycles. The van der Waals surface area contributed by atoms with E-state index in [1.54, 1.807) is 27.0 Å². The number of nitrogens with one attached hydrogen (secondary N) is 1. The molecule has 0 aromatic carbocycles. The summed E-state index contributed by atoms with van der Waals surface area (Å²) < 4.78 is 1.60. The van der Waals surface area contributed by atoms with Crippen molar-refractivity contribution in [3.05, 3.63) is 38.2 Å². The molecule has 1 N–H and O–H groups in total. The molecule has 0 atom stereocenters. The Morgan fingerprint density at radius 3 is 2.68 bits per heavy atom. The summed E-state index contributed by atoms with van der Waals surface area (Å²) in [6, 6.07) is 1.67. The highest BCUT2D eigenvalue weighted by atomic mass is 32.1. The van der Waals surface area contributed by atoms with Gasteiger partial charge in [0.05, 0.1) is 17.9 Å². The number of urea groups is 1. The molecule has 2 aliphatic carbocycles. The molecule has 2 aromatic rings. The maximum Gasteiger partial charge on any atom is 0.323 e. The second-order valence-corrected chi connectivity index (χ2v) is 9.22. The van der Waals surface area contributed by atoms with Gasteiger partial charge in [0.25, 0.3) is 5.56 Å². The van der Waals surface area contributed by atoms with Crippen molar-refractivity contribution in [2.45, 2.75) is 57.9 Å².